The minimum absolute atomic E-state index is 0.695. The van der Waals surface area contributed by atoms with E-state index >= 15 is 0 Å². The van der Waals surface area contributed by atoms with Crippen LogP contribution in [0.3, 0.4) is 0 Å². The number of anilines is 3. The topological polar surface area (TPSA) is 24.1 Å². The summed E-state index contributed by atoms with van der Waals surface area (Å²) < 4.78 is 0. The lowest BCUT2D eigenvalue weighted by Gasteiger charge is -2.08. The Morgan fingerprint density at radius 1 is 1.06 bits per heavy atom. The van der Waals surface area contributed by atoms with Crippen molar-refractivity contribution in [3.05, 3.63) is 39.5 Å². The number of benzene rings is 1. The average molecular weight is 267 g/mol. The van der Waals surface area contributed by atoms with E-state index in [1.165, 1.54) is 0 Å². The number of hydrogen-bond donors (Lipinski definition) is 2. The van der Waals surface area contributed by atoms with Gasteiger partial charge in [0.2, 0.25) is 0 Å². The third kappa shape index (κ3) is 1.59. The molecule has 2 N–H and O–H groups in total. The second kappa shape index (κ2) is 3.73. The molecule has 0 spiro atoms. The zero-order valence-corrected chi connectivity index (χ0v) is 10.5. The number of nitrogens with one attached hydrogen (secondary N) is 2. The Kier molecular flexibility index (Phi) is 2.35. The monoisotopic (exact) mass is 266 g/mol. The Morgan fingerprint density at radius 2 is 1.94 bits per heavy atom. The summed E-state index contributed by atoms with van der Waals surface area (Å²) in [5.74, 6) is 0. The predicted molar refractivity (Wildman–Crippen MR) is 74.4 cm³/mol. The standard InChI is InChI=1S/C11H7ClN2S2/c12-6-1-2-8-9(3-6)14-11(15)7-4-16-5-10(7)13-8/h1-5,13H,(H,14,15). The smallest absolute Gasteiger partial charge is 0.113 e. The fraction of sp³-hybridized carbons (Fsp3) is 0. The van der Waals surface area contributed by atoms with E-state index in [9.17, 15) is 0 Å². The molecule has 1 aromatic carbocycles. The number of thiophene rings is 1. The Labute approximate surface area is 107 Å². The van der Waals surface area contributed by atoms with Crippen LogP contribution in [-0.4, -0.2) is 4.99 Å². The Balaban J connectivity index is 2.16. The van der Waals surface area contributed by atoms with Crippen LogP contribution < -0.4 is 10.6 Å². The van der Waals surface area contributed by atoms with Crippen LogP contribution in [0.15, 0.2) is 29.0 Å². The van der Waals surface area contributed by atoms with Gasteiger partial charge in [-0.1, -0.05) is 23.8 Å². The first-order valence-electron chi connectivity index (χ1n) is 4.68. The molecule has 0 saturated carbocycles. The summed E-state index contributed by atoms with van der Waals surface area (Å²) in [4.78, 5) is 0.727. The van der Waals surface area contributed by atoms with Crippen molar-refractivity contribution >= 4 is 57.2 Å². The van der Waals surface area contributed by atoms with Crippen molar-refractivity contribution in [1.29, 1.82) is 0 Å². The summed E-state index contributed by atoms with van der Waals surface area (Å²) >= 11 is 12.9. The van der Waals surface area contributed by atoms with Crippen LogP contribution in [-0.2, 0) is 0 Å². The second-order valence-electron chi connectivity index (χ2n) is 3.47. The average Bonchev–Trinajstić information content (AvgIpc) is 2.65. The van der Waals surface area contributed by atoms with Gasteiger partial charge in [-0.05, 0) is 18.2 Å². The molecular weight excluding hydrogens is 260 g/mol. The van der Waals surface area contributed by atoms with Gasteiger partial charge in [-0.3, -0.25) is 0 Å². The third-order valence-electron chi connectivity index (χ3n) is 2.41. The number of rotatable bonds is 0. The van der Waals surface area contributed by atoms with Crippen LogP contribution in [0.5, 0.6) is 0 Å². The van der Waals surface area contributed by atoms with Crippen LogP contribution in [0.1, 0.15) is 5.56 Å². The summed E-state index contributed by atoms with van der Waals surface area (Å²) in [6, 6.07) is 5.67. The lowest BCUT2D eigenvalue weighted by atomic mass is 10.2. The lowest BCUT2D eigenvalue weighted by molar-refractivity contribution is 1.59. The van der Waals surface area contributed by atoms with Gasteiger partial charge in [0.05, 0.1) is 17.1 Å². The first-order chi connectivity index (χ1) is 7.74. The van der Waals surface area contributed by atoms with E-state index in [1.807, 2.05) is 29.0 Å². The molecule has 0 radical (unpaired) electrons. The molecule has 5 heteroatoms. The van der Waals surface area contributed by atoms with Crippen molar-refractivity contribution in [3.8, 4) is 0 Å². The summed E-state index contributed by atoms with van der Waals surface area (Å²) in [6.07, 6.45) is 0. The van der Waals surface area contributed by atoms with Crippen LogP contribution >= 0.6 is 35.2 Å². The van der Waals surface area contributed by atoms with E-state index in [-0.39, 0.29) is 0 Å². The van der Waals surface area contributed by atoms with Gasteiger partial charge in [-0.15, -0.1) is 11.3 Å². The molecule has 16 heavy (non-hydrogen) atoms. The number of hydrogen-bond acceptors (Lipinski definition) is 3. The van der Waals surface area contributed by atoms with Crippen LogP contribution in [0.4, 0.5) is 17.1 Å². The molecule has 3 rings (SSSR count). The van der Waals surface area contributed by atoms with Crippen molar-refractivity contribution < 1.29 is 0 Å². The molecule has 0 saturated heterocycles. The fourth-order valence-electron chi connectivity index (χ4n) is 1.63. The van der Waals surface area contributed by atoms with Crippen LogP contribution in [0, 0.1) is 0 Å². The normalized spacial score (nSPS) is 13.2. The van der Waals surface area contributed by atoms with Gasteiger partial charge in [0.25, 0.3) is 0 Å². The van der Waals surface area contributed by atoms with Crippen molar-refractivity contribution in [1.82, 2.24) is 0 Å². The molecule has 2 nitrogen and oxygen atoms in total. The highest BCUT2D eigenvalue weighted by Crippen LogP contribution is 2.35. The minimum atomic E-state index is 0.695. The molecule has 2 aromatic rings. The Bertz CT molecular complexity index is 577. The van der Waals surface area contributed by atoms with Crippen molar-refractivity contribution in [2.75, 3.05) is 10.6 Å². The highest BCUT2D eigenvalue weighted by atomic mass is 35.5. The lowest BCUT2D eigenvalue weighted by Crippen LogP contribution is -2.07. The summed E-state index contributed by atoms with van der Waals surface area (Å²) in [7, 11) is 0. The van der Waals surface area contributed by atoms with Crippen molar-refractivity contribution in [3.63, 3.8) is 0 Å². The molecule has 2 heterocycles. The highest BCUT2D eigenvalue weighted by Gasteiger charge is 2.16. The molecule has 0 fully saturated rings. The number of fused-ring (bicyclic) bond motifs is 2. The van der Waals surface area contributed by atoms with Crippen molar-refractivity contribution in [2.45, 2.75) is 0 Å². The molecule has 0 aliphatic carbocycles. The maximum atomic E-state index is 5.95. The van der Waals surface area contributed by atoms with Gasteiger partial charge in [-0.2, -0.15) is 0 Å². The summed E-state index contributed by atoms with van der Waals surface area (Å²) in [6.45, 7) is 0. The van der Waals surface area contributed by atoms with E-state index in [1.54, 1.807) is 11.3 Å². The van der Waals surface area contributed by atoms with Gasteiger partial charge in [0.1, 0.15) is 4.99 Å². The molecule has 80 valence electrons. The van der Waals surface area contributed by atoms with Gasteiger partial charge >= 0.3 is 0 Å². The fourth-order valence-corrected chi connectivity index (χ4v) is 2.93. The largest absolute Gasteiger partial charge is 0.353 e. The number of halogens is 1. The zero-order chi connectivity index (χ0) is 11.1. The molecular formula is C11H7ClN2S2. The highest BCUT2D eigenvalue weighted by molar-refractivity contribution is 7.81. The first-order valence-corrected chi connectivity index (χ1v) is 6.41. The molecule has 0 unspecified atom stereocenters. The summed E-state index contributed by atoms with van der Waals surface area (Å²) in [5, 5.41) is 11.3. The van der Waals surface area contributed by atoms with E-state index in [0.717, 1.165) is 27.6 Å². The maximum absolute atomic E-state index is 5.95. The minimum Gasteiger partial charge on any atom is -0.353 e. The van der Waals surface area contributed by atoms with Gasteiger partial charge < -0.3 is 10.6 Å². The van der Waals surface area contributed by atoms with Crippen LogP contribution in [0.25, 0.3) is 0 Å². The van der Waals surface area contributed by atoms with Gasteiger partial charge in [0.15, 0.2) is 0 Å². The molecule has 0 atom stereocenters. The third-order valence-corrected chi connectivity index (χ3v) is 3.71. The molecule has 1 aliphatic heterocycles. The Morgan fingerprint density at radius 3 is 2.81 bits per heavy atom. The van der Waals surface area contributed by atoms with E-state index < -0.39 is 0 Å². The zero-order valence-electron chi connectivity index (χ0n) is 8.08. The van der Waals surface area contributed by atoms with Crippen LogP contribution in [0.2, 0.25) is 5.02 Å². The van der Waals surface area contributed by atoms with E-state index in [0.29, 0.717) is 5.02 Å². The first kappa shape index (κ1) is 10.1. The molecule has 1 aromatic heterocycles. The SMILES string of the molecule is S=C1Nc2cc(Cl)ccc2Nc2cscc21. The van der Waals surface area contributed by atoms with Gasteiger partial charge in [-0.25, -0.2) is 0 Å². The predicted octanol–water partition coefficient (Wildman–Crippen LogP) is 4.25. The summed E-state index contributed by atoms with van der Waals surface area (Å²) in [5.41, 5.74) is 3.98. The molecule has 1 aliphatic rings. The van der Waals surface area contributed by atoms with Crippen molar-refractivity contribution in [2.24, 2.45) is 0 Å². The van der Waals surface area contributed by atoms with E-state index in [2.05, 4.69) is 10.6 Å². The van der Waals surface area contributed by atoms with E-state index in [4.69, 9.17) is 23.8 Å². The molecule has 0 amide bonds. The quantitative estimate of drug-likeness (QED) is 0.697. The Hall–Kier alpha value is -1.10. The van der Waals surface area contributed by atoms with Gasteiger partial charge in [0, 0.05) is 21.3 Å². The number of thiocarbonyl (C=S) groups is 1. The second-order valence-corrected chi connectivity index (χ2v) is 5.06. The molecule has 0 bridgehead atoms. The maximum Gasteiger partial charge on any atom is 0.113 e.